The Kier molecular flexibility index (Phi) is 6.14. The van der Waals surface area contributed by atoms with Crippen LogP contribution < -0.4 is 5.32 Å². The second kappa shape index (κ2) is 7.20. The van der Waals surface area contributed by atoms with Crippen molar-refractivity contribution >= 4 is 23.1 Å². The number of aromatic nitrogens is 2. The van der Waals surface area contributed by atoms with Crippen LogP contribution in [0.15, 0.2) is 9.85 Å². The summed E-state index contributed by atoms with van der Waals surface area (Å²) in [6.45, 7) is 5.49. The maximum Gasteiger partial charge on any atom is 0.174 e. The van der Waals surface area contributed by atoms with Crippen molar-refractivity contribution in [3.05, 3.63) is 5.51 Å². The maximum absolute atomic E-state index is 3.98. The fraction of sp³-hybridized carbons (Fsp3) is 0.778. The lowest BCUT2D eigenvalue weighted by Crippen LogP contribution is -2.29. The van der Waals surface area contributed by atoms with E-state index in [1.807, 2.05) is 0 Å². The van der Waals surface area contributed by atoms with Gasteiger partial charge in [0.2, 0.25) is 0 Å². The third-order valence-electron chi connectivity index (χ3n) is 2.09. The van der Waals surface area contributed by atoms with Crippen LogP contribution in [0.2, 0.25) is 0 Å². The highest BCUT2D eigenvalue weighted by Crippen LogP contribution is 2.17. The van der Waals surface area contributed by atoms with E-state index in [-0.39, 0.29) is 0 Å². The van der Waals surface area contributed by atoms with Gasteiger partial charge < -0.3 is 5.32 Å². The number of rotatable bonds is 7. The molecular formula is C9H17N3S2. The summed E-state index contributed by atoms with van der Waals surface area (Å²) in [7, 11) is 0. The van der Waals surface area contributed by atoms with Gasteiger partial charge in [-0.25, -0.2) is 0 Å². The lowest BCUT2D eigenvalue weighted by Gasteiger charge is -2.13. The molecule has 0 amide bonds. The number of nitrogens with one attached hydrogen (secondary N) is 1. The van der Waals surface area contributed by atoms with Crippen molar-refractivity contribution in [3.8, 4) is 0 Å². The molecule has 0 bridgehead atoms. The molecule has 1 aromatic rings. The average Bonchev–Trinajstić information content (AvgIpc) is 2.71. The normalized spacial score (nSPS) is 11.1. The molecule has 0 aliphatic heterocycles. The smallest absolute Gasteiger partial charge is 0.174 e. The van der Waals surface area contributed by atoms with Gasteiger partial charge in [0.15, 0.2) is 4.34 Å². The largest absolute Gasteiger partial charge is 0.313 e. The molecule has 80 valence electrons. The summed E-state index contributed by atoms with van der Waals surface area (Å²) in [6, 6.07) is 0.671. The fourth-order valence-corrected chi connectivity index (χ4v) is 2.63. The second-order valence-electron chi connectivity index (χ2n) is 3.02. The van der Waals surface area contributed by atoms with Crippen LogP contribution in [0.3, 0.4) is 0 Å². The molecule has 1 N–H and O–H groups in total. The molecule has 1 heterocycles. The SMILES string of the molecule is CCC(CC)NCCSc1nncs1. The molecule has 0 saturated carbocycles. The minimum atomic E-state index is 0.671. The van der Waals surface area contributed by atoms with Gasteiger partial charge in [0.25, 0.3) is 0 Å². The molecule has 0 aliphatic rings. The molecule has 1 aromatic heterocycles. The van der Waals surface area contributed by atoms with E-state index in [0.29, 0.717) is 6.04 Å². The molecular weight excluding hydrogens is 214 g/mol. The maximum atomic E-state index is 3.98. The molecule has 0 aliphatic carbocycles. The Morgan fingerprint density at radius 2 is 2.29 bits per heavy atom. The quantitative estimate of drug-likeness (QED) is 0.577. The molecule has 3 nitrogen and oxygen atoms in total. The van der Waals surface area contributed by atoms with Gasteiger partial charge in [0.05, 0.1) is 0 Å². The van der Waals surface area contributed by atoms with Crippen molar-refractivity contribution in [1.82, 2.24) is 15.5 Å². The Balaban J connectivity index is 2.04. The number of hydrogen-bond donors (Lipinski definition) is 1. The first-order valence-corrected chi connectivity index (χ1v) is 6.85. The predicted octanol–water partition coefficient (Wildman–Crippen LogP) is 2.41. The van der Waals surface area contributed by atoms with Gasteiger partial charge in [-0.2, -0.15) is 0 Å². The first-order chi connectivity index (χ1) is 6.86. The molecule has 0 radical (unpaired) electrons. The highest BCUT2D eigenvalue weighted by Gasteiger charge is 2.02. The van der Waals surface area contributed by atoms with Crippen LogP contribution in [-0.4, -0.2) is 28.5 Å². The van der Waals surface area contributed by atoms with E-state index in [1.165, 1.54) is 12.8 Å². The average molecular weight is 231 g/mol. The fourth-order valence-electron chi connectivity index (χ4n) is 1.20. The summed E-state index contributed by atoms with van der Waals surface area (Å²) in [5, 5.41) is 11.3. The zero-order valence-corrected chi connectivity index (χ0v) is 10.3. The van der Waals surface area contributed by atoms with Crippen molar-refractivity contribution in [2.24, 2.45) is 0 Å². The zero-order valence-electron chi connectivity index (χ0n) is 8.69. The molecule has 0 atom stereocenters. The summed E-state index contributed by atoms with van der Waals surface area (Å²) in [5.74, 6) is 1.08. The van der Waals surface area contributed by atoms with Crippen molar-refractivity contribution in [1.29, 1.82) is 0 Å². The third kappa shape index (κ3) is 4.39. The first kappa shape index (κ1) is 11.9. The van der Waals surface area contributed by atoms with E-state index in [2.05, 4.69) is 29.4 Å². The highest BCUT2D eigenvalue weighted by molar-refractivity contribution is 8.01. The third-order valence-corrected chi connectivity index (χ3v) is 3.95. The van der Waals surface area contributed by atoms with Gasteiger partial charge in [0, 0.05) is 18.3 Å². The monoisotopic (exact) mass is 231 g/mol. The Morgan fingerprint density at radius 1 is 1.50 bits per heavy atom. The van der Waals surface area contributed by atoms with Crippen LogP contribution >= 0.6 is 23.1 Å². The van der Waals surface area contributed by atoms with Crippen molar-refractivity contribution in [3.63, 3.8) is 0 Å². The molecule has 0 unspecified atom stereocenters. The van der Waals surface area contributed by atoms with Crippen LogP contribution in [0.1, 0.15) is 26.7 Å². The lowest BCUT2D eigenvalue weighted by molar-refractivity contribution is 0.501. The Morgan fingerprint density at radius 3 is 2.86 bits per heavy atom. The highest BCUT2D eigenvalue weighted by atomic mass is 32.2. The van der Waals surface area contributed by atoms with E-state index in [9.17, 15) is 0 Å². The van der Waals surface area contributed by atoms with Gasteiger partial charge in [-0.05, 0) is 12.8 Å². The predicted molar refractivity (Wildman–Crippen MR) is 63.0 cm³/mol. The van der Waals surface area contributed by atoms with Crippen molar-refractivity contribution in [2.45, 2.75) is 37.1 Å². The van der Waals surface area contributed by atoms with E-state index >= 15 is 0 Å². The number of nitrogens with zero attached hydrogens (tertiary/aromatic N) is 2. The second-order valence-corrected chi connectivity index (χ2v) is 5.20. The zero-order chi connectivity index (χ0) is 10.2. The topological polar surface area (TPSA) is 37.8 Å². The Labute approximate surface area is 93.7 Å². The van der Waals surface area contributed by atoms with Crippen molar-refractivity contribution < 1.29 is 0 Å². The standard InChI is InChI=1S/C9H17N3S2/c1-3-8(4-2)10-5-6-13-9-12-11-7-14-9/h7-8,10H,3-6H2,1-2H3. The van der Waals surface area contributed by atoms with E-state index in [0.717, 1.165) is 16.6 Å². The summed E-state index contributed by atoms with van der Waals surface area (Å²) < 4.78 is 1.07. The Hall–Kier alpha value is -0.130. The van der Waals surface area contributed by atoms with Gasteiger partial charge in [-0.3, -0.25) is 0 Å². The lowest BCUT2D eigenvalue weighted by atomic mass is 10.2. The van der Waals surface area contributed by atoms with Crippen molar-refractivity contribution in [2.75, 3.05) is 12.3 Å². The van der Waals surface area contributed by atoms with E-state index in [1.54, 1.807) is 28.6 Å². The minimum absolute atomic E-state index is 0.671. The molecule has 0 aromatic carbocycles. The van der Waals surface area contributed by atoms with Crippen LogP contribution in [-0.2, 0) is 0 Å². The molecule has 14 heavy (non-hydrogen) atoms. The molecule has 1 rings (SSSR count). The van der Waals surface area contributed by atoms with Crippen LogP contribution in [0.5, 0.6) is 0 Å². The first-order valence-electron chi connectivity index (χ1n) is 4.99. The van der Waals surface area contributed by atoms with Crippen LogP contribution in [0.4, 0.5) is 0 Å². The number of thioether (sulfide) groups is 1. The van der Waals surface area contributed by atoms with Gasteiger partial charge in [-0.15, -0.1) is 10.2 Å². The van der Waals surface area contributed by atoms with Gasteiger partial charge in [-0.1, -0.05) is 36.9 Å². The van der Waals surface area contributed by atoms with E-state index < -0.39 is 0 Å². The summed E-state index contributed by atoms with van der Waals surface area (Å²) in [5.41, 5.74) is 1.77. The number of hydrogen-bond acceptors (Lipinski definition) is 5. The Bertz CT molecular complexity index is 222. The molecule has 0 spiro atoms. The minimum Gasteiger partial charge on any atom is -0.313 e. The molecule has 0 saturated heterocycles. The van der Waals surface area contributed by atoms with Gasteiger partial charge >= 0.3 is 0 Å². The van der Waals surface area contributed by atoms with Crippen LogP contribution in [0, 0.1) is 0 Å². The summed E-state index contributed by atoms with van der Waals surface area (Å²) >= 11 is 3.38. The molecule has 0 fully saturated rings. The van der Waals surface area contributed by atoms with Crippen LogP contribution in [0.25, 0.3) is 0 Å². The van der Waals surface area contributed by atoms with Gasteiger partial charge in [0.1, 0.15) is 5.51 Å². The van der Waals surface area contributed by atoms with E-state index in [4.69, 9.17) is 0 Å². The molecule has 5 heteroatoms. The summed E-state index contributed by atoms with van der Waals surface area (Å²) in [6.07, 6.45) is 2.42. The summed E-state index contributed by atoms with van der Waals surface area (Å²) in [4.78, 5) is 0.